The second kappa shape index (κ2) is 5.82. The Hall–Kier alpha value is -2.91. The first-order chi connectivity index (χ1) is 12.3. The number of quaternary nitrogens is 1. The quantitative estimate of drug-likeness (QED) is 0.802. The summed E-state index contributed by atoms with van der Waals surface area (Å²) in [6, 6.07) is 12.2. The van der Waals surface area contributed by atoms with E-state index in [4.69, 9.17) is 0 Å². The van der Waals surface area contributed by atoms with E-state index in [1.807, 2.05) is 12.1 Å². The molecule has 0 bridgehead atoms. The summed E-state index contributed by atoms with van der Waals surface area (Å²) in [7, 11) is 0. The van der Waals surface area contributed by atoms with Crippen molar-refractivity contribution in [3.8, 4) is 5.75 Å². The van der Waals surface area contributed by atoms with Gasteiger partial charge in [0.15, 0.2) is 0 Å². The molecule has 2 aliphatic heterocycles. The Morgan fingerprint density at radius 3 is 2.38 bits per heavy atom. The van der Waals surface area contributed by atoms with Gasteiger partial charge >= 0.3 is 6.36 Å². The molecule has 0 saturated carbocycles. The van der Waals surface area contributed by atoms with E-state index >= 15 is 0 Å². The minimum Gasteiger partial charge on any atom is -0.581 e. The van der Waals surface area contributed by atoms with Gasteiger partial charge in [-0.1, -0.05) is 18.2 Å². The van der Waals surface area contributed by atoms with Gasteiger partial charge in [-0.3, -0.25) is 0 Å². The van der Waals surface area contributed by atoms with E-state index in [0.29, 0.717) is 24.2 Å². The molecule has 0 aromatic heterocycles. The Balaban J connectivity index is 1.66. The largest absolute Gasteiger partial charge is 0.581 e. The number of allylic oxidation sites excluding steroid dienone is 1. The first-order valence-corrected chi connectivity index (χ1v) is 7.85. The first-order valence-electron chi connectivity index (χ1n) is 7.85. The highest BCUT2D eigenvalue weighted by Crippen LogP contribution is 2.35. The van der Waals surface area contributed by atoms with Gasteiger partial charge in [-0.15, -0.1) is 18.2 Å². The van der Waals surface area contributed by atoms with Gasteiger partial charge < -0.3 is 15.1 Å². The molecule has 9 heteroatoms. The fraction of sp³-hybridized carbons (Fsp3) is 0.176. The minimum absolute atomic E-state index is 0.214. The number of hydrogen-bond donors (Lipinski definition) is 2. The molecule has 2 aliphatic rings. The van der Waals surface area contributed by atoms with Crippen LogP contribution in [-0.4, -0.2) is 11.5 Å². The van der Waals surface area contributed by atoms with Crippen LogP contribution in [0.1, 0.15) is 12.0 Å². The van der Waals surface area contributed by atoms with E-state index in [0.717, 1.165) is 22.7 Å². The SMILES string of the molecule is [O-][NH+]1N(c2ccc(OC(F)(F)F)cc2)C(O)=C2CCc3ccccc3N21. The van der Waals surface area contributed by atoms with Gasteiger partial charge in [0.25, 0.3) is 5.88 Å². The van der Waals surface area contributed by atoms with Crippen LogP contribution in [0.5, 0.6) is 5.75 Å². The average molecular weight is 365 g/mol. The highest BCUT2D eigenvalue weighted by atomic mass is 19.4. The van der Waals surface area contributed by atoms with Crippen LogP contribution < -0.4 is 20.0 Å². The minimum atomic E-state index is -4.79. The van der Waals surface area contributed by atoms with Crippen LogP contribution in [0.4, 0.5) is 24.5 Å². The standard InChI is InChI=1S/C17H14F3N3O3/c18-17(19,20)26-13-8-6-12(7-9-13)21-16(24)15-10-5-11-3-1-2-4-14(11)22(15)23(21)25/h1-4,6-9,23-24H,5,10H2. The van der Waals surface area contributed by atoms with Gasteiger partial charge in [0.2, 0.25) is 0 Å². The second-order valence-electron chi connectivity index (χ2n) is 5.89. The lowest BCUT2D eigenvalue weighted by atomic mass is 10.0. The highest BCUT2D eigenvalue weighted by molar-refractivity contribution is 5.62. The Morgan fingerprint density at radius 2 is 1.69 bits per heavy atom. The maximum Gasteiger partial charge on any atom is 0.573 e. The molecular weight excluding hydrogens is 351 g/mol. The molecule has 0 aliphatic carbocycles. The summed E-state index contributed by atoms with van der Waals surface area (Å²) in [5.74, 6) is -0.614. The average Bonchev–Trinajstić information content (AvgIpc) is 2.86. The van der Waals surface area contributed by atoms with Gasteiger partial charge in [0.05, 0.1) is 0 Å². The van der Waals surface area contributed by atoms with E-state index in [9.17, 15) is 23.5 Å². The van der Waals surface area contributed by atoms with Gasteiger partial charge in [0.1, 0.15) is 22.8 Å². The van der Waals surface area contributed by atoms with E-state index in [2.05, 4.69) is 4.74 Å². The number of hydrogen-bond acceptors (Lipinski definition) is 5. The Morgan fingerprint density at radius 1 is 1.00 bits per heavy atom. The number of fused-ring (bicyclic) bond motifs is 3. The van der Waals surface area contributed by atoms with Crippen molar-refractivity contribution in [2.24, 2.45) is 0 Å². The zero-order valence-electron chi connectivity index (χ0n) is 13.3. The third kappa shape index (κ3) is 2.71. The smallest absolute Gasteiger partial charge is 0.573 e. The van der Waals surface area contributed by atoms with Crippen molar-refractivity contribution in [1.82, 2.24) is 0 Å². The monoisotopic (exact) mass is 365 g/mol. The molecule has 0 fully saturated rings. The summed E-state index contributed by atoms with van der Waals surface area (Å²) in [5.41, 5.74) is 2.42. The summed E-state index contributed by atoms with van der Waals surface area (Å²) in [5, 5.41) is 25.4. The van der Waals surface area contributed by atoms with Gasteiger partial charge in [0, 0.05) is 6.42 Å². The zero-order valence-corrected chi connectivity index (χ0v) is 13.3. The lowest BCUT2D eigenvalue weighted by Gasteiger charge is -2.36. The molecule has 1 unspecified atom stereocenters. The molecule has 0 spiro atoms. The molecule has 0 saturated heterocycles. The number of nitrogens with one attached hydrogen (secondary N) is 1. The highest BCUT2D eigenvalue weighted by Gasteiger charge is 2.42. The van der Waals surface area contributed by atoms with E-state index in [-0.39, 0.29) is 11.6 Å². The van der Waals surface area contributed by atoms with E-state index in [1.165, 1.54) is 17.1 Å². The molecule has 2 aromatic carbocycles. The lowest BCUT2D eigenvalue weighted by Crippen LogP contribution is -3.19. The third-order valence-electron chi connectivity index (χ3n) is 4.31. The number of aliphatic hydroxyl groups excluding tert-OH is 1. The van der Waals surface area contributed by atoms with E-state index in [1.54, 1.807) is 12.1 Å². The Labute approximate surface area is 146 Å². The second-order valence-corrected chi connectivity index (χ2v) is 5.89. The lowest BCUT2D eigenvalue weighted by molar-refractivity contribution is -0.854. The van der Waals surface area contributed by atoms with Crippen LogP contribution in [0.25, 0.3) is 0 Å². The number of alkyl halides is 3. The molecule has 6 nitrogen and oxygen atoms in total. The number of para-hydroxylation sites is 1. The zero-order chi connectivity index (χ0) is 18.5. The number of nitrogens with zero attached hydrogens (tertiary/aromatic N) is 2. The molecule has 2 aromatic rings. The first kappa shape index (κ1) is 16.6. The van der Waals surface area contributed by atoms with Crippen molar-refractivity contribution >= 4 is 11.4 Å². The van der Waals surface area contributed by atoms with Crippen molar-refractivity contribution in [2.75, 3.05) is 10.0 Å². The third-order valence-corrected chi connectivity index (χ3v) is 4.31. The number of ether oxygens (including phenoxy) is 1. The van der Waals surface area contributed by atoms with Crippen molar-refractivity contribution in [3.63, 3.8) is 0 Å². The molecule has 0 amide bonds. The Bertz CT molecular complexity index is 868. The van der Waals surface area contributed by atoms with Crippen molar-refractivity contribution in [3.05, 3.63) is 70.9 Å². The number of halogens is 3. The number of aliphatic hydroxyl groups is 1. The topological polar surface area (TPSA) is 63.4 Å². The number of anilines is 2. The summed E-state index contributed by atoms with van der Waals surface area (Å²) in [6.45, 7) is 0. The maximum absolute atomic E-state index is 12.9. The number of aryl methyl sites for hydroxylation is 1. The fourth-order valence-corrected chi connectivity index (χ4v) is 3.23. The Kier molecular flexibility index (Phi) is 3.70. The van der Waals surface area contributed by atoms with Crippen molar-refractivity contribution in [1.29, 1.82) is 0 Å². The molecule has 2 N–H and O–H groups in total. The van der Waals surface area contributed by atoms with Crippen LogP contribution in [0.15, 0.2) is 60.1 Å². The number of benzene rings is 2. The normalized spacial score (nSPS) is 19.5. The maximum atomic E-state index is 12.9. The van der Waals surface area contributed by atoms with Crippen LogP contribution in [-0.2, 0) is 6.42 Å². The fourth-order valence-electron chi connectivity index (χ4n) is 3.23. The molecule has 4 rings (SSSR count). The van der Waals surface area contributed by atoms with Crippen molar-refractivity contribution < 1.29 is 28.3 Å². The molecule has 1 atom stereocenters. The molecule has 0 radical (unpaired) electrons. The van der Waals surface area contributed by atoms with Crippen LogP contribution in [0, 0.1) is 5.21 Å². The van der Waals surface area contributed by atoms with Gasteiger partial charge in [-0.25, -0.2) is 0 Å². The molecular formula is C17H14F3N3O3. The van der Waals surface area contributed by atoms with Crippen molar-refractivity contribution in [2.45, 2.75) is 19.2 Å². The van der Waals surface area contributed by atoms with Gasteiger partial charge in [-0.05, 0) is 42.3 Å². The summed E-state index contributed by atoms with van der Waals surface area (Å²) < 4.78 is 40.6. The van der Waals surface area contributed by atoms with E-state index < -0.39 is 17.4 Å². The van der Waals surface area contributed by atoms with Crippen LogP contribution >= 0.6 is 0 Å². The number of rotatable bonds is 2. The van der Waals surface area contributed by atoms with Crippen LogP contribution in [0.2, 0.25) is 0 Å². The predicted molar refractivity (Wildman–Crippen MR) is 86.8 cm³/mol. The van der Waals surface area contributed by atoms with Crippen LogP contribution in [0.3, 0.4) is 0 Å². The predicted octanol–water partition coefficient (Wildman–Crippen LogP) is 2.80. The molecule has 26 heavy (non-hydrogen) atoms. The van der Waals surface area contributed by atoms with Gasteiger partial charge in [-0.2, -0.15) is 10.3 Å². The summed E-state index contributed by atoms with van der Waals surface area (Å²) >= 11 is 0. The summed E-state index contributed by atoms with van der Waals surface area (Å²) in [4.78, 5) is 0. The summed E-state index contributed by atoms with van der Waals surface area (Å²) in [6.07, 6.45) is -3.62. The molecule has 2 heterocycles. The molecule has 136 valence electrons.